The predicted octanol–water partition coefficient (Wildman–Crippen LogP) is 4.75. The molecule has 5 rings (SSSR count). The number of carbonyl (C=O) groups is 1. The Kier molecular flexibility index (Phi) is 4.56. The van der Waals surface area contributed by atoms with Crippen LogP contribution in [0.3, 0.4) is 0 Å². The van der Waals surface area contributed by atoms with Crippen LogP contribution in [0.5, 0.6) is 0 Å². The second-order valence-corrected chi connectivity index (χ2v) is 7.54. The third-order valence-corrected chi connectivity index (χ3v) is 5.70. The molecule has 5 aromatic rings. The summed E-state index contributed by atoms with van der Waals surface area (Å²) < 4.78 is 9.44. The van der Waals surface area contributed by atoms with E-state index in [4.69, 9.17) is 16.0 Å². The molecule has 0 atom stereocenters. The zero-order valence-corrected chi connectivity index (χ0v) is 17.1. The minimum atomic E-state index is -0.194. The molecule has 7 heteroatoms. The first-order chi connectivity index (χ1) is 14.6. The Morgan fingerprint density at radius 3 is 2.73 bits per heavy atom. The van der Waals surface area contributed by atoms with E-state index in [0.29, 0.717) is 29.4 Å². The van der Waals surface area contributed by atoms with E-state index in [-0.39, 0.29) is 5.91 Å². The van der Waals surface area contributed by atoms with Crippen molar-refractivity contribution in [3.63, 3.8) is 0 Å². The van der Waals surface area contributed by atoms with Crippen LogP contribution < -0.4 is 5.32 Å². The number of hydrogen-bond donors (Lipinski definition) is 1. The Hall–Kier alpha value is -3.51. The van der Waals surface area contributed by atoms with E-state index in [0.717, 1.165) is 27.9 Å². The molecule has 0 aliphatic rings. The standard InChI is InChI=1S/C23H19ClN4O2/c1-27-18-9-5-4-8-17(18)26-22(27)13-25-23(29)20-12-21-19(10-11-30-21)28(20)14-15-6-2-3-7-16(15)24/h2-12H,13-14H2,1H3,(H,25,29). The molecule has 30 heavy (non-hydrogen) atoms. The molecule has 6 nitrogen and oxygen atoms in total. The molecule has 0 aliphatic carbocycles. The first-order valence-electron chi connectivity index (χ1n) is 9.60. The van der Waals surface area contributed by atoms with Crippen LogP contribution >= 0.6 is 11.6 Å². The number of fused-ring (bicyclic) bond motifs is 2. The van der Waals surface area contributed by atoms with Crippen molar-refractivity contribution in [2.45, 2.75) is 13.1 Å². The van der Waals surface area contributed by atoms with Crippen LogP contribution in [-0.2, 0) is 20.1 Å². The normalized spacial score (nSPS) is 11.4. The van der Waals surface area contributed by atoms with Gasteiger partial charge in [-0.15, -0.1) is 0 Å². The van der Waals surface area contributed by atoms with Crippen molar-refractivity contribution < 1.29 is 9.21 Å². The van der Waals surface area contributed by atoms with E-state index in [9.17, 15) is 4.79 Å². The second kappa shape index (κ2) is 7.39. The summed E-state index contributed by atoms with van der Waals surface area (Å²) in [5, 5.41) is 3.65. The average molecular weight is 419 g/mol. The zero-order valence-electron chi connectivity index (χ0n) is 16.3. The summed E-state index contributed by atoms with van der Waals surface area (Å²) in [5.41, 5.74) is 4.90. The smallest absolute Gasteiger partial charge is 0.268 e. The SMILES string of the molecule is Cn1c(CNC(=O)c2cc3occc3n2Cc2ccccc2Cl)nc2ccccc21. The lowest BCUT2D eigenvalue weighted by Gasteiger charge is -2.12. The Bertz CT molecular complexity index is 1380. The van der Waals surface area contributed by atoms with Crippen LogP contribution in [0.4, 0.5) is 0 Å². The van der Waals surface area contributed by atoms with Crippen molar-refractivity contribution in [2.75, 3.05) is 0 Å². The van der Waals surface area contributed by atoms with Crippen LogP contribution in [0.1, 0.15) is 21.9 Å². The largest absolute Gasteiger partial charge is 0.463 e. The van der Waals surface area contributed by atoms with Crippen molar-refractivity contribution >= 4 is 39.6 Å². The fourth-order valence-electron chi connectivity index (χ4n) is 3.74. The minimum Gasteiger partial charge on any atom is -0.463 e. The van der Waals surface area contributed by atoms with Gasteiger partial charge in [0, 0.05) is 30.7 Å². The predicted molar refractivity (Wildman–Crippen MR) is 117 cm³/mol. The highest BCUT2D eigenvalue weighted by Gasteiger charge is 2.19. The van der Waals surface area contributed by atoms with Gasteiger partial charge in [-0.05, 0) is 23.8 Å². The summed E-state index contributed by atoms with van der Waals surface area (Å²) in [6.07, 6.45) is 1.62. The number of hydrogen-bond acceptors (Lipinski definition) is 3. The highest BCUT2D eigenvalue weighted by Crippen LogP contribution is 2.25. The summed E-state index contributed by atoms with van der Waals surface area (Å²) in [5.74, 6) is 0.595. The molecule has 1 N–H and O–H groups in total. The highest BCUT2D eigenvalue weighted by atomic mass is 35.5. The topological polar surface area (TPSA) is 65.0 Å². The van der Waals surface area contributed by atoms with Crippen LogP contribution in [-0.4, -0.2) is 20.0 Å². The molecule has 1 amide bonds. The van der Waals surface area contributed by atoms with Gasteiger partial charge < -0.3 is 18.9 Å². The number of carbonyl (C=O) groups excluding carboxylic acids is 1. The number of para-hydroxylation sites is 2. The van der Waals surface area contributed by atoms with Gasteiger partial charge in [0.1, 0.15) is 11.5 Å². The Labute approximate surface area is 177 Å². The summed E-state index contributed by atoms with van der Waals surface area (Å²) in [6, 6.07) is 19.1. The molecule has 0 aliphatic heterocycles. The van der Waals surface area contributed by atoms with E-state index >= 15 is 0 Å². The maximum absolute atomic E-state index is 13.1. The fraction of sp³-hybridized carbons (Fsp3) is 0.130. The molecular weight excluding hydrogens is 400 g/mol. The molecule has 2 aromatic carbocycles. The Morgan fingerprint density at radius 1 is 1.10 bits per heavy atom. The number of aromatic nitrogens is 3. The van der Waals surface area contributed by atoms with Crippen molar-refractivity contribution in [3.8, 4) is 0 Å². The number of halogens is 1. The summed E-state index contributed by atoms with van der Waals surface area (Å²) >= 11 is 6.35. The number of amides is 1. The van der Waals surface area contributed by atoms with Gasteiger partial charge in [-0.1, -0.05) is 41.9 Å². The molecule has 0 saturated heterocycles. The lowest BCUT2D eigenvalue weighted by atomic mass is 10.2. The van der Waals surface area contributed by atoms with Crippen molar-refractivity contribution in [1.29, 1.82) is 0 Å². The number of aryl methyl sites for hydroxylation is 1. The molecule has 3 heterocycles. The molecule has 0 bridgehead atoms. The van der Waals surface area contributed by atoms with Crippen LogP contribution in [0.25, 0.3) is 22.1 Å². The molecule has 3 aromatic heterocycles. The third-order valence-electron chi connectivity index (χ3n) is 5.33. The zero-order chi connectivity index (χ0) is 20.7. The van der Waals surface area contributed by atoms with Crippen molar-refractivity contribution in [3.05, 3.63) is 89.0 Å². The van der Waals surface area contributed by atoms with Gasteiger partial charge in [-0.3, -0.25) is 4.79 Å². The minimum absolute atomic E-state index is 0.194. The molecular formula is C23H19ClN4O2. The molecule has 150 valence electrons. The van der Waals surface area contributed by atoms with Crippen molar-refractivity contribution in [1.82, 2.24) is 19.4 Å². The van der Waals surface area contributed by atoms with Crippen LogP contribution in [0.2, 0.25) is 5.02 Å². The first-order valence-corrected chi connectivity index (χ1v) is 9.98. The molecule has 0 spiro atoms. The number of nitrogens with one attached hydrogen (secondary N) is 1. The number of nitrogens with zero attached hydrogens (tertiary/aromatic N) is 3. The number of imidazole rings is 1. The molecule has 0 fully saturated rings. The van der Waals surface area contributed by atoms with E-state index in [1.165, 1.54) is 0 Å². The summed E-state index contributed by atoms with van der Waals surface area (Å²) in [6.45, 7) is 0.792. The summed E-state index contributed by atoms with van der Waals surface area (Å²) in [7, 11) is 1.95. The number of benzene rings is 2. The van der Waals surface area contributed by atoms with Gasteiger partial charge in [0.25, 0.3) is 5.91 Å². The fourth-order valence-corrected chi connectivity index (χ4v) is 3.93. The Morgan fingerprint density at radius 2 is 1.90 bits per heavy atom. The van der Waals surface area contributed by atoms with Gasteiger partial charge in [-0.2, -0.15) is 0 Å². The monoisotopic (exact) mass is 418 g/mol. The molecule has 0 unspecified atom stereocenters. The molecule has 0 radical (unpaired) electrons. The van der Waals surface area contributed by atoms with Gasteiger partial charge >= 0.3 is 0 Å². The van der Waals surface area contributed by atoms with Gasteiger partial charge in [0.2, 0.25) is 0 Å². The first kappa shape index (κ1) is 18.5. The highest BCUT2D eigenvalue weighted by molar-refractivity contribution is 6.31. The maximum Gasteiger partial charge on any atom is 0.268 e. The maximum atomic E-state index is 13.1. The van der Waals surface area contributed by atoms with Gasteiger partial charge in [0.05, 0.1) is 29.4 Å². The Balaban J connectivity index is 1.44. The average Bonchev–Trinajstić information content (AvgIpc) is 3.43. The van der Waals surface area contributed by atoms with E-state index in [1.807, 2.05) is 70.8 Å². The van der Waals surface area contributed by atoms with Gasteiger partial charge in [-0.25, -0.2) is 4.98 Å². The lowest BCUT2D eigenvalue weighted by Crippen LogP contribution is -2.27. The van der Waals surface area contributed by atoms with Crippen LogP contribution in [0.15, 0.2) is 71.3 Å². The number of furan rings is 1. The summed E-state index contributed by atoms with van der Waals surface area (Å²) in [4.78, 5) is 17.7. The van der Waals surface area contributed by atoms with E-state index < -0.39 is 0 Å². The van der Waals surface area contributed by atoms with E-state index in [1.54, 1.807) is 12.3 Å². The third kappa shape index (κ3) is 3.15. The van der Waals surface area contributed by atoms with Gasteiger partial charge in [0.15, 0.2) is 5.58 Å². The van der Waals surface area contributed by atoms with Crippen LogP contribution in [0, 0.1) is 0 Å². The lowest BCUT2D eigenvalue weighted by molar-refractivity contribution is 0.0941. The molecule has 0 saturated carbocycles. The van der Waals surface area contributed by atoms with E-state index in [2.05, 4.69) is 10.3 Å². The quantitative estimate of drug-likeness (QED) is 0.448. The number of rotatable bonds is 5. The van der Waals surface area contributed by atoms with Crippen molar-refractivity contribution in [2.24, 2.45) is 7.05 Å². The second-order valence-electron chi connectivity index (χ2n) is 7.14.